The van der Waals surface area contributed by atoms with Crippen LogP contribution in [0.25, 0.3) is 0 Å². The number of hydrogen-bond donors (Lipinski definition) is 1. The molecule has 0 radical (unpaired) electrons. The van der Waals surface area contributed by atoms with Gasteiger partial charge in [0, 0.05) is 6.04 Å². The highest BCUT2D eigenvalue weighted by atomic mass is 14.9. The quantitative estimate of drug-likeness (QED) is 0.505. The molecule has 1 N–H and O–H groups in total. The van der Waals surface area contributed by atoms with Crippen LogP contribution in [-0.2, 0) is 0 Å². The van der Waals surface area contributed by atoms with E-state index in [0.29, 0.717) is 0 Å². The third-order valence-electron chi connectivity index (χ3n) is 4.24. The summed E-state index contributed by atoms with van der Waals surface area (Å²) in [4.78, 5) is 0. The molecule has 1 aliphatic carbocycles. The van der Waals surface area contributed by atoms with Crippen LogP contribution in [0.3, 0.4) is 0 Å². The van der Waals surface area contributed by atoms with Crippen LogP contribution in [0.5, 0.6) is 0 Å². The first-order valence-corrected chi connectivity index (χ1v) is 8.11. The third-order valence-corrected chi connectivity index (χ3v) is 4.24. The lowest BCUT2D eigenvalue weighted by atomic mass is 9.78. The number of rotatable bonds is 11. The normalized spacial score (nSPS) is 18.0. The van der Waals surface area contributed by atoms with E-state index in [1.165, 1.54) is 77.2 Å². The second kappa shape index (κ2) is 9.94. The van der Waals surface area contributed by atoms with Gasteiger partial charge in [0.1, 0.15) is 0 Å². The van der Waals surface area contributed by atoms with Crippen molar-refractivity contribution in [2.24, 2.45) is 5.92 Å². The molecule has 0 aliphatic heterocycles. The van der Waals surface area contributed by atoms with Gasteiger partial charge in [-0.05, 0) is 38.1 Å². The van der Waals surface area contributed by atoms with E-state index >= 15 is 0 Å². The first-order valence-electron chi connectivity index (χ1n) is 8.11. The number of unbranched alkanes of at least 4 members (excludes halogenated alkanes) is 5. The fourth-order valence-corrected chi connectivity index (χ4v) is 2.82. The average Bonchev–Trinajstić information content (AvgIpc) is 2.27. The monoisotopic (exact) mass is 239 g/mol. The van der Waals surface area contributed by atoms with Crippen molar-refractivity contribution in [1.82, 2.24) is 5.32 Å². The molecule has 1 fully saturated rings. The van der Waals surface area contributed by atoms with Crippen molar-refractivity contribution in [2.45, 2.75) is 90.5 Å². The minimum atomic E-state index is 0.842. The fourth-order valence-electron chi connectivity index (χ4n) is 2.82. The van der Waals surface area contributed by atoms with Gasteiger partial charge in [0.15, 0.2) is 0 Å². The molecule has 0 saturated heterocycles. The third kappa shape index (κ3) is 6.45. The van der Waals surface area contributed by atoms with E-state index in [0.717, 1.165) is 12.0 Å². The van der Waals surface area contributed by atoms with Gasteiger partial charge in [-0.25, -0.2) is 0 Å². The average molecular weight is 239 g/mol. The molecule has 102 valence electrons. The molecule has 0 bridgehead atoms. The molecule has 0 aromatic rings. The first-order chi connectivity index (χ1) is 8.38. The standard InChI is InChI=1S/C16H33N/c1-3-5-6-7-8-9-13-16(17-14-4-2)15-11-10-12-15/h15-17H,3-14H2,1-2H3. The zero-order valence-electron chi connectivity index (χ0n) is 12.1. The molecule has 0 heterocycles. The van der Waals surface area contributed by atoms with Crippen LogP contribution in [0.4, 0.5) is 0 Å². The Labute approximate surface area is 109 Å². The summed E-state index contributed by atoms with van der Waals surface area (Å²) in [6.07, 6.45) is 15.8. The number of hydrogen-bond acceptors (Lipinski definition) is 1. The summed E-state index contributed by atoms with van der Waals surface area (Å²) in [6, 6.07) is 0.842. The van der Waals surface area contributed by atoms with E-state index in [1.807, 2.05) is 0 Å². The van der Waals surface area contributed by atoms with Gasteiger partial charge in [0.25, 0.3) is 0 Å². The Morgan fingerprint density at radius 2 is 1.65 bits per heavy atom. The Morgan fingerprint density at radius 3 is 2.24 bits per heavy atom. The summed E-state index contributed by atoms with van der Waals surface area (Å²) in [5.74, 6) is 1.01. The van der Waals surface area contributed by atoms with Crippen LogP contribution in [0.2, 0.25) is 0 Å². The van der Waals surface area contributed by atoms with Crippen molar-refractivity contribution in [3.8, 4) is 0 Å². The SMILES string of the molecule is CCCCCCCCC(NCCC)C1CCC1. The van der Waals surface area contributed by atoms with Crippen molar-refractivity contribution in [3.05, 3.63) is 0 Å². The summed E-state index contributed by atoms with van der Waals surface area (Å²) in [5.41, 5.74) is 0. The summed E-state index contributed by atoms with van der Waals surface area (Å²) in [6.45, 7) is 5.79. The van der Waals surface area contributed by atoms with Gasteiger partial charge >= 0.3 is 0 Å². The second-order valence-electron chi connectivity index (χ2n) is 5.81. The lowest BCUT2D eigenvalue weighted by Gasteiger charge is -2.34. The molecule has 0 aromatic carbocycles. The molecule has 1 aliphatic rings. The Morgan fingerprint density at radius 1 is 0.941 bits per heavy atom. The smallest absolute Gasteiger partial charge is 0.00953 e. The van der Waals surface area contributed by atoms with Gasteiger partial charge in [0.05, 0.1) is 0 Å². The highest BCUT2D eigenvalue weighted by Gasteiger charge is 2.25. The van der Waals surface area contributed by atoms with Gasteiger partial charge in [0.2, 0.25) is 0 Å². The predicted octanol–water partition coefficient (Wildman–Crippen LogP) is 4.91. The van der Waals surface area contributed by atoms with Crippen LogP contribution in [0.1, 0.15) is 84.5 Å². The van der Waals surface area contributed by atoms with Crippen LogP contribution < -0.4 is 5.32 Å². The molecular formula is C16H33N. The first kappa shape index (κ1) is 15.0. The molecule has 1 atom stereocenters. The van der Waals surface area contributed by atoms with E-state index in [4.69, 9.17) is 0 Å². The Bertz CT molecular complexity index is 163. The van der Waals surface area contributed by atoms with Crippen LogP contribution in [0.15, 0.2) is 0 Å². The summed E-state index contributed by atoms with van der Waals surface area (Å²) in [5, 5.41) is 3.77. The van der Waals surface area contributed by atoms with E-state index in [-0.39, 0.29) is 0 Å². The van der Waals surface area contributed by atoms with Gasteiger partial charge in [-0.3, -0.25) is 0 Å². The fraction of sp³-hybridized carbons (Fsp3) is 1.00. The zero-order valence-corrected chi connectivity index (χ0v) is 12.1. The largest absolute Gasteiger partial charge is 0.314 e. The lowest BCUT2D eigenvalue weighted by molar-refractivity contribution is 0.216. The maximum absolute atomic E-state index is 3.77. The maximum Gasteiger partial charge on any atom is 0.00953 e. The van der Waals surface area contributed by atoms with Gasteiger partial charge in [-0.15, -0.1) is 0 Å². The van der Waals surface area contributed by atoms with Gasteiger partial charge in [-0.1, -0.05) is 58.8 Å². The molecule has 1 heteroatoms. The van der Waals surface area contributed by atoms with E-state index in [1.54, 1.807) is 0 Å². The minimum Gasteiger partial charge on any atom is -0.314 e. The summed E-state index contributed by atoms with van der Waals surface area (Å²) < 4.78 is 0. The molecular weight excluding hydrogens is 206 g/mol. The molecule has 17 heavy (non-hydrogen) atoms. The van der Waals surface area contributed by atoms with Crippen molar-refractivity contribution >= 4 is 0 Å². The Hall–Kier alpha value is -0.0400. The molecule has 0 amide bonds. The molecule has 1 rings (SSSR count). The van der Waals surface area contributed by atoms with Crippen LogP contribution >= 0.6 is 0 Å². The van der Waals surface area contributed by atoms with Crippen molar-refractivity contribution in [1.29, 1.82) is 0 Å². The van der Waals surface area contributed by atoms with Gasteiger partial charge in [-0.2, -0.15) is 0 Å². The predicted molar refractivity (Wildman–Crippen MR) is 77.4 cm³/mol. The topological polar surface area (TPSA) is 12.0 Å². The zero-order chi connectivity index (χ0) is 12.3. The van der Waals surface area contributed by atoms with Crippen LogP contribution in [-0.4, -0.2) is 12.6 Å². The second-order valence-corrected chi connectivity index (χ2v) is 5.81. The lowest BCUT2D eigenvalue weighted by Crippen LogP contribution is -2.39. The molecule has 0 spiro atoms. The van der Waals surface area contributed by atoms with E-state index < -0.39 is 0 Å². The molecule has 1 unspecified atom stereocenters. The highest BCUT2D eigenvalue weighted by molar-refractivity contribution is 4.82. The number of nitrogens with one attached hydrogen (secondary N) is 1. The van der Waals surface area contributed by atoms with Crippen molar-refractivity contribution in [3.63, 3.8) is 0 Å². The van der Waals surface area contributed by atoms with E-state index in [2.05, 4.69) is 19.2 Å². The highest BCUT2D eigenvalue weighted by Crippen LogP contribution is 2.31. The summed E-state index contributed by atoms with van der Waals surface area (Å²) >= 11 is 0. The minimum absolute atomic E-state index is 0.842. The van der Waals surface area contributed by atoms with Gasteiger partial charge < -0.3 is 5.32 Å². The Kier molecular flexibility index (Phi) is 8.78. The maximum atomic E-state index is 3.77. The van der Waals surface area contributed by atoms with Crippen molar-refractivity contribution < 1.29 is 0 Å². The molecule has 1 nitrogen and oxygen atoms in total. The van der Waals surface area contributed by atoms with Crippen molar-refractivity contribution in [2.75, 3.05) is 6.54 Å². The van der Waals surface area contributed by atoms with Crippen LogP contribution in [0, 0.1) is 5.92 Å². The van der Waals surface area contributed by atoms with E-state index in [9.17, 15) is 0 Å². The summed E-state index contributed by atoms with van der Waals surface area (Å²) in [7, 11) is 0. The molecule has 0 aromatic heterocycles. The Balaban J connectivity index is 2.02. The molecule has 1 saturated carbocycles.